The Morgan fingerprint density at radius 1 is 1.21 bits per heavy atom. The van der Waals surface area contributed by atoms with Gasteiger partial charge in [0.2, 0.25) is 6.29 Å². The third-order valence-corrected chi connectivity index (χ3v) is 4.69. The number of methoxy groups -OCH3 is 1. The summed E-state index contributed by atoms with van der Waals surface area (Å²) in [6.45, 7) is 6.32. The van der Waals surface area contributed by atoms with Gasteiger partial charge in [0, 0.05) is 32.5 Å². The van der Waals surface area contributed by atoms with E-state index >= 15 is 0 Å². The molecule has 2 atom stereocenters. The molecule has 1 saturated heterocycles. The number of hydrogen-bond acceptors (Lipinski definition) is 5. The molecular formula is C22H33NO5. The van der Waals surface area contributed by atoms with E-state index in [4.69, 9.17) is 14.2 Å². The average Bonchev–Trinajstić information content (AvgIpc) is 3.09. The average molecular weight is 392 g/mol. The van der Waals surface area contributed by atoms with Crippen molar-refractivity contribution in [2.24, 2.45) is 0 Å². The van der Waals surface area contributed by atoms with Gasteiger partial charge in [0.25, 0.3) is 0 Å². The highest BCUT2D eigenvalue weighted by Crippen LogP contribution is 2.24. The van der Waals surface area contributed by atoms with Crippen LogP contribution >= 0.6 is 0 Å². The van der Waals surface area contributed by atoms with Crippen molar-refractivity contribution in [1.29, 1.82) is 0 Å². The van der Waals surface area contributed by atoms with Crippen molar-refractivity contribution in [2.45, 2.75) is 77.2 Å². The first kappa shape index (κ1) is 22.2. The van der Waals surface area contributed by atoms with E-state index in [1.165, 1.54) is 7.11 Å². The molecule has 1 aromatic rings. The van der Waals surface area contributed by atoms with Crippen molar-refractivity contribution in [3.05, 3.63) is 35.9 Å². The van der Waals surface area contributed by atoms with Gasteiger partial charge in [0.15, 0.2) is 0 Å². The Balaban J connectivity index is 1.74. The van der Waals surface area contributed by atoms with Crippen molar-refractivity contribution in [2.75, 3.05) is 13.7 Å². The lowest BCUT2D eigenvalue weighted by atomic mass is 10.1. The van der Waals surface area contributed by atoms with Gasteiger partial charge in [0.1, 0.15) is 5.60 Å². The predicted octanol–water partition coefficient (Wildman–Crippen LogP) is 4.31. The number of likely N-dealkylation sites (tertiary alicyclic amines) is 1. The number of amides is 1. The number of ether oxygens (including phenoxy) is 3. The van der Waals surface area contributed by atoms with E-state index in [9.17, 15) is 9.59 Å². The number of nitrogens with zero attached hydrogens (tertiary/aromatic N) is 1. The minimum atomic E-state index is -0.584. The highest BCUT2D eigenvalue weighted by molar-refractivity contribution is 5.70. The van der Waals surface area contributed by atoms with Crippen LogP contribution in [0.3, 0.4) is 0 Å². The lowest BCUT2D eigenvalue weighted by Crippen LogP contribution is -2.39. The quantitative estimate of drug-likeness (QED) is 0.488. The van der Waals surface area contributed by atoms with Gasteiger partial charge in [-0.15, -0.1) is 0 Å². The van der Waals surface area contributed by atoms with Crippen molar-refractivity contribution in [3.63, 3.8) is 0 Å². The van der Waals surface area contributed by atoms with Crippen LogP contribution in [0.5, 0.6) is 0 Å². The van der Waals surface area contributed by atoms with Gasteiger partial charge >= 0.3 is 12.1 Å². The summed E-state index contributed by atoms with van der Waals surface area (Å²) < 4.78 is 16.2. The molecule has 6 heteroatoms. The third-order valence-electron chi connectivity index (χ3n) is 4.69. The van der Waals surface area contributed by atoms with E-state index in [1.807, 2.05) is 51.1 Å². The normalized spacial score (nSPS) is 18.0. The van der Waals surface area contributed by atoms with Gasteiger partial charge in [-0.25, -0.2) is 4.79 Å². The number of carbonyl (C=O) groups excluding carboxylic acids is 2. The Morgan fingerprint density at radius 3 is 2.57 bits per heavy atom. The first-order chi connectivity index (χ1) is 13.3. The first-order valence-electron chi connectivity index (χ1n) is 10.0. The predicted molar refractivity (Wildman–Crippen MR) is 107 cm³/mol. The van der Waals surface area contributed by atoms with Gasteiger partial charge < -0.3 is 19.1 Å². The van der Waals surface area contributed by atoms with Crippen LogP contribution in [0.1, 0.15) is 58.4 Å². The van der Waals surface area contributed by atoms with Crippen molar-refractivity contribution in [1.82, 2.24) is 4.90 Å². The van der Waals surface area contributed by atoms with E-state index in [0.717, 1.165) is 24.8 Å². The second kappa shape index (κ2) is 10.5. The Bertz CT molecular complexity index is 626. The third kappa shape index (κ3) is 7.50. The van der Waals surface area contributed by atoms with Gasteiger partial charge in [-0.2, -0.15) is 0 Å². The minimum absolute atomic E-state index is 0.130. The lowest BCUT2D eigenvalue weighted by Gasteiger charge is -2.28. The molecule has 1 aliphatic rings. The van der Waals surface area contributed by atoms with E-state index in [0.29, 0.717) is 25.8 Å². The number of benzene rings is 1. The molecule has 6 nitrogen and oxygen atoms in total. The molecule has 1 fully saturated rings. The zero-order valence-electron chi connectivity index (χ0n) is 17.5. The summed E-state index contributed by atoms with van der Waals surface area (Å²) in [6, 6.07) is 9.92. The molecule has 156 valence electrons. The smallest absolute Gasteiger partial charge is 0.410 e. The standard InChI is InChI=1S/C22H33NO5/c1-22(2,3)28-21(25)23-15-9-13-18(23)12-8-14-19(24)27-20(26-4)16-17-10-6-5-7-11-17/h5-7,10-11,18,20H,8-9,12-16H2,1-4H3. The van der Waals surface area contributed by atoms with Crippen LogP contribution in [-0.4, -0.2) is 48.5 Å². The number of esters is 1. The van der Waals surface area contributed by atoms with Crippen LogP contribution in [-0.2, 0) is 25.4 Å². The van der Waals surface area contributed by atoms with Crippen LogP contribution in [0.25, 0.3) is 0 Å². The van der Waals surface area contributed by atoms with Crippen LogP contribution in [0.4, 0.5) is 4.79 Å². The SMILES string of the molecule is COC(Cc1ccccc1)OC(=O)CCCC1CCCN1C(=O)OC(C)(C)C. The zero-order chi connectivity index (χ0) is 20.6. The fourth-order valence-electron chi connectivity index (χ4n) is 3.36. The van der Waals surface area contributed by atoms with Crippen molar-refractivity contribution < 1.29 is 23.8 Å². The number of carbonyl (C=O) groups is 2. The van der Waals surface area contributed by atoms with Crippen LogP contribution in [0, 0.1) is 0 Å². The summed E-state index contributed by atoms with van der Waals surface area (Å²) in [7, 11) is 1.54. The minimum Gasteiger partial charge on any atom is -0.444 e. The summed E-state index contributed by atoms with van der Waals surface area (Å²) in [4.78, 5) is 26.3. The Labute approximate surface area is 168 Å². The van der Waals surface area contributed by atoms with E-state index in [-0.39, 0.29) is 18.1 Å². The number of hydrogen-bond donors (Lipinski definition) is 0. The topological polar surface area (TPSA) is 65.1 Å². The van der Waals surface area contributed by atoms with Crippen LogP contribution in [0.2, 0.25) is 0 Å². The maximum absolute atomic E-state index is 12.3. The molecule has 0 radical (unpaired) electrons. The molecular weight excluding hydrogens is 358 g/mol. The second-order valence-corrected chi connectivity index (χ2v) is 8.21. The Hall–Kier alpha value is -2.08. The molecule has 1 aromatic carbocycles. The largest absolute Gasteiger partial charge is 0.444 e. The number of rotatable bonds is 8. The Morgan fingerprint density at radius 2 is 1.93 bits per heavy atom. The molecule has 2 rings (SSSR count). The van der Waals surface area contributed by atoms with Crippen LogP contribution < -0.4 is 0 Å². The maximum atomic E-state index is 12.3. The summed E-state index contributed by atoms with van der Waals surface area (Å²) in [5.41, 5.74) is 0.559. The molecule has 0 saturated carbocycles. The zero-order valence-corrected chi connectivity index (χ0v) is 17.5. The lowest BCUT2D eigenvalue weighted by molar-refractivity contribution is -0.173. The molecule has 0 bridgehead atoms. The Kier molecular flexibility index (Phi) is 8.30. The van der Waals surface area contributed by atoms with E-state index < -0.39 is 11.9 Å². The van der Waals surface area contributed by atoms with Gasteiger partial charge in [0.05, 0.1) is 0 Å². The molecule has 0 spiro atoms. The molecule has 1 amide bonds. The van der Waals surface area contributed by atoms with Gasteiger partial charge in [-0.3, -0.25) is 4.79 Å². The summed E-state index contributed by atoms with van der Waals surface area (Å²) >= 11 is 0. The molecule has 2 unspecified atom stereocenters. The van der Waals surface area contributed by atoms with Gasteiger partial charge in [-0.05, 0) is 52.0 Å². The van der Waals surface area contributed by atoms with Crippen LogP contribution in [0.15, 0.2) is 30.3 Å². The summed E-state index contributed by atoms with van der Waals surface area (Å²) in [5.74, 6) is -0.274. The van der Waals surface area contributed by atoms with Gasteiger partial charge in [-0.1, -0.05) is 30.3 Å². The highest BCUT2D eigenvalue weighted by Gasteiger charge is 2.31. The summed E-state index contributed by atoms with van der Waals surface area (Å²) in [5, 5.41) is 0. The first-order valence-corrected chi connectivity index (χ1v) is 10.0. The molecule has 0 N–H and O–H groups in total. The molecule has 1 heterocycles. The molecule has 1 aliphatic heterocycles. The maximum Gasteiger partial charge on any atom is 0.410 e. The second-order valence-electron chi connectivity index (χ2n) is 8.21. The van der Waals surface area contributed by atoms with Crippen molar-refractivity contribution in [3.8, 4) is 0 Å². The van der Waals surface area contributed by atoms with E-state index in [2.05, 4.69) is 0 Å². The highest BCUT2D eigenvalue weighted by atomic mass is 16.7. The van der Waals surface area contributed by atoms with Crippen molar-refractivity contribution >= 4 is 12.1 Å². The monoisotopic (exact) mass is 391 g/mol. The van der Waals surface area contributed by atoms with E-state index in [1.54, 1.807) is 4.90 Å². The summed E-state index contributed by atoms with van der Waals surface area (Å²) in [6.07, 6.45) is 3.35. The fourth-order valence-corrected chi connectivity index (χ4v) is 3.36. The molecule has 0 aromatic heterocycles. The molecule has 28 heavy (non-hydrogen) atoms. The fraction of sp³-hybridized carbons (Fsp3) is 0.636. The molecule has 0 aliphatic carbocycles.